The van der Waals surface area contributed by atoms with E-state index in [9.17, 15) is 0 Å². The molecule has 0 aliphatic heterocycles. The van der Waals surface area contributed by atoms with E-state index >= 15 is 0 Å². The summed E-state index contributed by atoms with van der Waals surface area (Å²) in [5.41, 5.74) is 0.250. The molecule has 19 heavy (non-hydrogen) atoms. The van der Waals surface area contributed by atoms with Crippen LogP contribution < -0.4 is 0 Å². The van der Waals surface area contributed by atoms with Crippen LogP contribution in [0.15, 0.2) is 0 Å². The van der Waals surface area contributed by atoms with Crippen LogP contribution in [-0.4, -0.2) is 13.6 Å². The number of hydrogen-bond acceptors (Lipinski definition) is 0. The van der Waals surface area contributed by atoms with Crippen LogP contribution in [0.4, 0.5) is 0 Å². The molecule has 1 fully saturated rings. The Kier molecular flexibility index (Phi) is 23.3. The van der Waals surface area contributed by atoms with E-state index in [2.05, 4.69) is 39.9 Å². The average molecular weight is 474 g/mol. The van der Waals surface area contributed by atoms with Crippen LogP contribution >= 0.6 is 0 Å². The Labute approximate surface area is 149 Å². The predicted molar refractivity (Wildman–Crippen MR) is 80.8 cm³/mol. The van der Waals surface area contributed by atoms with Crippen molar-refractivity contribution in [3.05, 3.63) is 26.6 Å². The molecule has 0 unspecified atom stereocenters. The maximum Gasteiger partial charge on any atom is 2.00 e. The molecule has 0 aromatic rings. The van der Waals surface area contributed by atoms with Crippen molar-refractivity contribution >= 4 is 0 Å². The third kappa shape index (κ3) is 24.6. The van der Waals surface area contributed by atoms with E-state index in [4.69, 9.17) is 0 Å². The van der Waals surface area contributed by atoms with E-state index in [1.807, 2.05) is 7.05 Å². The molecular formula is C16H33NVW. The standard InChI is InChI=1S/C10H19N.C5H11.CH3.V.W/c1-9-3-5-10(6-4-9)7-8-11-2;1-5(2,3)4;;;/h9-10H,1,3-8H2,2H3;1H2,2-4H3;1H3;;/q-2;2*-1;2*+2. The van der Waals surface area contributed by atoms with Gasteiger partial charge in [0.05, 0.1) is 0 Å². The molecule has 1 saturated carbocycles. The molecule has 1 aliphatic carbocycles. The number of nitrogens with zero attached hydrogens (tertiary/aromatic N) is 1. The van der Waals surface area contributed by atoms with Gasteiger partial charge in [-0.05, 0) is 5.92 Å². The summed E-state index contributed by atoms with van der Waals surface area (Å²) in [6, 6.07) is 0. The zero-order valence-corrected chi connectivity index (χ0v) is 17.9. The Morgan fingerprint density at radius 2 is 1.47 bits per heavy atom. The second-order valence-electron chi connectivity index (χ2n) is 6.28. The van der Waals surface area contributed by atoms with Gasteiger partial charge in [0.2, 0.25) is 0 Å². The van der Waals surface area contributed by atoms with E-state index in [1.165, 1.54) is 32.1 Å². The van der Waals surface area contributed by atoms with Crippen molar-refractivity contribution in [2.45, 2.75) is 52.9 Å². The molecular weight excluding hydrogens is 441 g/mol. The molecule has 0 heterocycles. The summed E-state index contributed by atoms with van der Waals surface area (Å²) in [6.07, 6.45) is 6.78. The van der Waals surface area contributed by atoms with E-state index in [0.717, 1.165) is 18.4 Å². The minimum absolute atomic E-state index is 0. The monoisotopic (exact) mass is 474 g/mol. The summed E-state index contributed by atoms with van der Waals surface area (Å²) < 4.78 is 0. The summed E-state index contributed by atoms with van der Waals surface area (Å²) >= 11 is 0. The first-order valence-electron chi connectivity index (χ1n) is 6.57. The molecule has 0 N–H and O–H groups in total. The molecule has 0 spiro atoms. The maximum absolute atomic E-state index is 4.13. The van der Waals surface area contributed by atoms with Crippen molar-refractivity contribution in [1.82, 2.24) is 0 Å². The van der Waals surface area contributed by atoms with Crippen LogP contribution in [0.3, 0.4) is 0 Å². The minimum atomic E-state index is 0. The van der Waals surface area contributed by atoms with Crippen molar-refractivity contribution in [3.63, 3.8) is 0 Å². The third-order valence-electron chi connectivity index (χ3n) is 2.73. The maximum atomic E-state index is 4.13. The Morgan fingerprint density at radius 1 is 1.11 bits per heavy atom. The van der Waals surface area contributed by atoms with Crippen LogP contribution in [-0.2, 0) is 39.6 Å². The molecule has 0 atom stereocenters. The SMILES string of the molecule is [CH2-]C(C)(C)C.[CH2-]C1CCC(CC[N-]C)CC1.[CH3-].[V+2].[W+2]. The molecule has 1 aliphatic rings. The molecule has 113 valence electrons. The normalized spacial score (nSPS) is 21.8. The van der Waals surface area contributed by atoms with Crippen LogP contribution in [0, 0.1) is 38.5 Å². The van der Waals surface area contributed by atoms with Gasteiger partial charge in [-0.3, -0.25) is 0 Å². The summed E-state index contributed by atoms with van der Waals surface area (Å²) in [5, 5.41) is 4.13. The fourth-order valence-electron chi connectivity index (χ4n) is 1.83. The van der Waals surface area contributed by atoms with Crippen molar-refractivity contribution in [3.8, 4) is 0 Å². The first kappa shape index (κ1) is 28.4. The molecule has 0 amide bonds. The second-order valence-corrected chi connectivity index (χ2v) is 6.28. The molecule has 0 bridgehead atoms. The van der Waals surface area contributed by atoms with E-state index < -0.39 is 0 Å². The summed E-state index contributed by atoms with van der Waals surface area (Å²) in [7, 11) is 1.91. The zero-order valence-electron chi connectivity index (χ0n) is 13.6. The topological polar surface area (TPSA) is 14.1 Å². The smallest absolute Gasteiger partial charge is 0.665 e. The van der Waals surface area contributed by atoms with Crippen LogP contribution in [0.25, 0.3) is 5.32 Å². The molecule has 0 aromatic carbocycles. The van der Waals surface area contributed by atoms with Gasteiger partial charge in [0.15, 0.2) is 0 Å². The van der Waals surface area contributed by atoms with Crippen molar-refractivity contribution in [2.24, 2.45) is 17.3 Å². The van der Waals surface area contributed by atoms with Gasteiger partial charge in [-0.1, -0.05) is 52.9 Å². The molecule has 1 nitrogen and oxygen atoms in total. The average Bonchev–Trinajstić information content (AvgIpc) is 2.14. The Morgan fingerprint density at radius 3 is 1.79 bits per heavy atom. The van der Waals surface area contributed by atoms with E-state index in [1.54, 1.807) is 0 Å². The summed E-state index contributed by atoms with van der Waals surface area (Å²) in [4.78, 5) is 0. The first-order valence-corrected chi connectivity index (χ1v) is 6.57. The molecule has 1 rings (SSSR count). The van der Waals surface area contributed by atoms with Crippen molar-refractivity contribution in [2.75, 3.05) is 13.6 Å². The Balaban J connectivity index is -0.000000125. The van der Waals surface area contributed by atoms with Crippen LogP contribution in [0.2, 0.25) is 0 Å². The fourth-order valence-corrected chi connectivity index (χ4v) is 1.83. The van der Waals surface area contributed by atoms with Crippen molar-refractivity contribution in [1.29, 1.82) is 0 Å². The van der Waals surface area contributed by atoms with E-state index in [0.29, 0.717) is 0 Å². The van der Waals surface area contributed by atoms with Gasteiger partial charge in [0.1, 0.15) is 0 Å². The van der Waals surface area contributed by atoms with Gasteiger partial charge in [-0.2, -0.15) is 18.4 Å². The van der Waals surface area contributed by atoms with E-state index in [-0.39, 0.29) is 52.5 Å². The number of hydrogen-bond donors (Lipinski definition) is 0. The summed E-state index contributed by atoms with van der Waals surface area (Å²) in [6.45, 7) is 15.2. The molecule has 0 saturated heterocycles. The van der Waals surface area contributed by atoms with Crippen molar-refractivity contribution < 1.29 is 39.6 Å². The first-order chi connectivity index (χ1) is 7.33. The Hall–Kier alpha value is 1.23. The minimum Gasteiger partial charge on any atom is -0.665 e. The Bertz CT molecular complexity index is 152. The van der Waals surface area contributed by atoms with Gasteiger partial charge in [-0.15, -0.1) is 6.54 Å². The largest absolute Gasteiger partial charge is 2.00 e. The fraction of sp³-hybridized carbons (Fsp3) is 0.812. The molecule has 0 aromatic heterocycles. The number of rotatable bonds is 3. The van der Waals surface area contributed by atoms with Gasteiger partial charge in [0.25, 0.3) is 0 Å². The van der Waals surface area contributed by atoms with Gasteiger partial charge in [0, 0.05) is 0 Å². The van der Waals surface area contributed by atoms with Gasteiger partial charge >= 0.3 is 39.6 Å². The summed E-state index contributed by atoms with van der Waals surface area (Å²) in [5.74, 6) is 1.70. The quantitative estimate of drug-likeness (QED) is 0.491. The second kappa shape index (κ2) is 15.6. The third-order valence-corrected chi connectivity index (χ3v) is 2.73. The van der Waals surface area contributed by atoms with Gasteiger partial charge < -0.3 is 26.6 Å². The molecule has 1 radical (unpaired) electrons. The molecule has 3 heteroatoms. The van der Waals surface area contributed by atoms with Crippen LogP contribution in [0.1, 0.15) is 52.9 Å². The van der Waals surface area contributed by atoms with Gasteiger partial charge in [-0.25, -0.2) is 0 Å². The predicted octanol–water partition coefficient (Wildman–Crippen LogP) is 5.33. The zero-order chi connectivity index (χ0) is 12.6. The van der Waals surface area contributed by atoms with Crippen LogP contribution in [0.5, 0.6) is 0 Å².